The molecule has 4 rings (SSSR count). The van der Waals surface area contributed by atoms with E-state index in [0.717, 1.165) is 28.6 Å². The molecule has 134 valence electrons. The number of amides is 1. The predicted octanol–water partition coefficient (Wildman–Crippen LogP) is 4.70. The van der Waals surface area contributed by atoms with Crippen molar-refractivity contribution < 1.29 is 9.53 Å². The lowest BCUT2D eigenvalue weighted by molar-refractivity contribution is 0.0935. The van der Waals surface area contributed by atoms with Crippen molar-refractivity contribution in [3.8, 4) is 5.75 Å². The van der Waals surface area contributed by atoms with Gasteiger partial charge in [-0.15, -0.1) is 0 Å². The van der Waals surface area contributed by atoms with Crippen molar-refractivity contribution in [3.05, 3.63) is 64.3 Å². The Labute approximate surface area is 157 Å². The number of nitrogens with one attached hydrogen (secondary N) is 1. The van der Waals surface area contributed by atoms with E-state index in [-0.39, 0.29) is 12.0 Å². The second-order valence-corrected chi connectivity index (χ2v) is 7.17. The molecule has 1 atom stereocenters. The molecule has 2 heterocycles. The van der Waals surface area contributed by atoms with Crippen LogP contribution in [0.3, 0.4) is 0 Å². The van der Waals surface area contributed by atoms with Gasteiger partial charge in [0.05, 0.1) is 17.1 Å². The number of aromatic nitrogens is 1. The van der Waals surface area contributed by atoms with E-state index in [1.54, 1.807) is 0 Å². The second kappa shape index (κ2) is 6.69. The van der Waals surface area contributed by atoms with Gasteiger partial charge in [-0.1, -0.05) is 48.4 Å². The summed E-state index contributed by atoms with van der Waals surface area (Å²) in [5, 5.41) is 4.52. The SMILES string of the molecule is CCC1Cn2c(C(=O)NCc3ccc(C)cc3)cc3c(Cl)ccc(c32)O1. The highest BCUT2D eigenvalue weighted by molar-refractivity contribution is 6.36. The van der Waals surface area contributed by atoms with E-state index < -0.39 is 0 Å². The van der Waals surface area contributed by atoms with Crippen LogP contribution in [-0.4, -0.2) is 16.6 Å². The van der Waals surface area contributed by atoms with Crippen LogP contribution in [0.25, 0.3) is 10.9 Å². The number of aryl methyl sites for hydroxylation is 1. The van der Waals surface area contributed by atoms with Crippen LogP contribution < -0.4 is 10.1 Å². The van der Waals surface area contributed by atoms with Crippen LogP contribution in [0.1, 0.15) is 35.0 Å². The van der Waals surface area contributed by atoms with Gasteiger partial charge >= 0.3 is 0 Å². The van der Waals surface area contributed by atoms with Gasteiger partial charge in [0.2, 0.25) is 0 Å². The summed E-state index contributed by atoms with van der Waals surface area (Å²) in [5.41, 5.74) is 3.81. The van der Waals surface area contributed by atoms with Crippen molar-refractivity contribution in [2.24, 2.45) is 0 Å². The van der Waals surface area contributed by atoms with Crippen LogP contribution in [0, 0.1) is 6.92 Å². The zero-order valence-electron chi connectivity index (χ0n) is 14.9. The van der Waals surface area contributed by atoms with E-state index in [9.17, 15) is 4.79 Å². The normalized spacial score (nSPS) is 15.7. The fourth-order valence-electron chi connectivity index (χ4n) is 3.40. The van der Waals surface area contributed by atoms with Crippen LogP contribution in [0.4, 0.5) is 0 Å². The number of hydrogen-bond donors (Lipinski definition) is 1. The van der Waals surface area contributed by atoms with Crippen LogP contribution in [0.15, 0.2) is 42.5 Å². The molecule has 0 saturated carbocycles. The highest BCUT2D eigenvalue weighted by Crippen LogP contribution is 2.38. The minimum absolute atomic E-state index is 0.0583. The van der Waals surface area contributed by atoms with Gasteiger partial charge in [-0.05, 0) is 37.1 Å². The molecule has 1 N–H and O–H groups in total. The highest BCUT2D eigenvalue weighted by Gasteiger charge is 2.26. The lowest BCUT2D eigenvalue weighted by atomic mass is 10.1. The molecule has 26 heavy (non-hydrogen) atoms. The number of ether oxygens (including phenoxy) is 1. The quantitative estimate of drug-likeness (QED) is 0.725. The Kier molecular flexibility index (Phi) is 4.37. The van der Waals surface area contributed by atoms with Crippen LogP contribution in [0.2, 0.25) is 5.02 Å². The molecule has 1 aromatic heterocycles. The summed E-state index contributed by atoms with van der Waals surface area (Å²) in [6.45, 7) is 5.28. The molecule has 1 aliphatic heterocycles. The number of halogens is 1. The van der Waals surface area contributed by atoms with E-state index in [0.29, 0.717) is 23.8 Å². The lowest BCUT2D eigenvalue weighted by Crippen LogP contribution is -2.31. The Bertz CT molecular complexity index is 976. The standard InChI is InChI=1S/C21H21ClN2O2/c1-3-15-12-24-18(10-16-17(22)8-9-19(26-15)20(16)24)21(25)23-11-14-6-4-13(2)5-7-14/h4-10,15H,3,11-12H2,1-2H3,(H,23,25). The smallest absolute Gasteiger partial charge is 0.268 e. The van der Waals surface area contributed by atoms with Gasteiger partial charge < -0.3 is 14.6 Å². The van der Waals surface area contributed by atoms with Crippen molar-refractivity contribution in [2.75, 3.05) is 0 Å². The van der Waals surface area contributed by atoms with Gasteiger partial charge in [0.25, 0.3) is 5.91 Å². The zero-order chi connectivity index (χ0) is 18.3. The third-order valence-corrected chi connectivity index (χ3v) is 5.24. The first-order valence-corrected chi connectivity index (χ1v) is 9.26. The lowest BCUT2D eigenvalue weighted by Gasteiger charge is -2.26. The fourth-order valence-corrected chi connectivity index (χ4v) is 3.61. The predicted molar refractivity (Wildman–Crippen MR) is 104 cm³/mol. The molecule has 3 aromatic rings. The Morgan fingerprint density at radius 3 is 2.77 bits per heavy atom. The molecule has 0 fully saturated rings. The number of hydrogen-bond acceptors (Lipinski definition) is 2. The van der Waals surface area contributed by atoms with Crippen LogP contribution >= 0.6 is 11.6 Å². The molecule has 0 saturated heterocycles. The van der Waals surface area contributed by atoms with Crippen molar-refractivity contribution in [1.29, 1.82) is 0 Å². The summed E-state index contributed by atoms with van der Waals surface area (Å²) < 4.78 is 8.07. The second-order valence-electron chi connectivity index (χ2n) is 6.76. The van der Waals surface area contributed by atoms with Crippen LogP contribution in [0.5, 0.6) is 5.75 Å². The van der Waals surface area contributed by atoms with Crippen molar-refractivity contribution in [3.63, 3.8) is 0 Å². The first-order chi connectivity index (χ1) is 12.6. The summed E-state index contributed by atoms with van der Waals surface area (Å²) in [7, 11) is 0. The summed E-state index contributed by atoms with van der Waals surface area (Å²) in [4.78, 5) is 12.9. The molecule has 0 aliphatic carbocycles. The Hall–Kier alpha value is -2.46. The van der Waals surface area contributed by atoms with Crippen molar-refractivity contribution >= 4 is 28.4 Å². The van der Waals surface area contributed by atoms with Crippen molar-refractivity contribution in [2.45, 2.75) is 39.5 Å². The Morgan fingerprint density at radius 1 is 1.27 bits per heavy atom. The van der Waals surface area contributed by atoms with Crippen molar-refractivity contribution in [1.82, 2.24) is 9.88 Å². The largest absolute Gasteiger partial charge is 0.486 e. The van der Waals surface area contributed by atoms with Gasteiger partial charge in [0.15, 0.2) is 0 Å². The maximum Gasteiger partial charge on any atom is 0.268 e. The van der Waals surface area contributed by atoms with E-state index in [4.69, 9.17) is 16.3 Å². The zero-order valence-corrected chi connectivity index (χ0v) is 15.6. The first kappa shape index (κ1) is 17.0. The number of rotatable bonds is 4. The first-order valence-electron chi connectivity index (χ1n) is 8.89. The minimum Gasteiger partial charge on any atom is -0.486 e. The molecule has 2 aromatic carbocycles. The number of nitrogens with zero attached hydrogens (tertiary/aromatic N) is 1. The molecular formula is C21H21ClN2O2. The molecule has 5 heteroatoms. The third-order valence-electron chi connectivity index (χ3n) is 4.91. The number of carbonyl (C=O) groups excluding carboxylic acids is 1. The monoisotopic (exact) mass is 368 g/mol. The Balaban J connectivity index is 1.66. The summed E-state index contributed by atoms with van der Waals surface area (Å²) in [5.74, 6) is 0.695. The molecule has 1 aliphatic rings. The molecule has 0 radical (unpaired) electrons. The molecule has 0 bridgehead atoms. The van der Waals surface area contributed by atoms with E-state index in [2.05, 4.69) is 12.2 Å². The summed E-state index contributed by atoms with van der Waals surface area (Å²) in [6, 6.07) is 13.7. The van der Waals surface area contributed by atoms with Gasteiger partial charge in [-0.2, -0.15) is 0 Å². The van der Waals surface area contributed by atoms with Crippen LogP contribution in [-0.2, 0) is 13.1 Å². The van der Waals surface area contributed by atoms with E-state index in [1.165, 1.54) is 5.56 Å². The highest BCUT2D eigenvalue weighted by atomic mass is 35.5. The third kappa shape index (κ3) is 2.95. The minimum atomic E-state index is -0.0967. The Morgan fingerprint density at radius 2 is 2.04 bits per heavy atom. The van der Waals surface area contributed by atoms with E-state index >= 15 is 0 Å². The molecule has 1 amide bonds. The number of benzene rings is 2. The summed E-state index contributed by atoms with van der Waals surface area (Å²) >= 11 is 6.36. The van der Waals surface area contributed by atoms with Gasteiger partial charge in [0, 0.05) is 11.9 Å². The summed E-state index contributed by atoms with van der Waals surface area (Å²) in [6.07, 6.45) is 0.939. The molecular weight excluding hydrogens is 348 g/mol. The topological polar surface area (TPSA) is 43.3 Å². The van der Waals surface area contributed by atoms with Gasteiger partial charge in [-0.3, -0.25) is 4.79 Å². The number of carbonyl (C=O) groups is 1. The van der Waals surface area contributed by atoms with Gasteiger partial charge in [-0.25, -0.2) is 0 Å². The average Bonchev–Trinajstić information content (AvgIpc) is 3.05. The maximum atomic E-state index is 12.9. The fraction of sp³-hybridized carbons (Fsp3) is 0.286. The molecule has 0 spiro atoms. The average molecular weight is 369 g/mol. The molecule has 4 nitrogen and oxygen atoms in total. The molecule has 1 unspecified atom stereocenters. The van der Waals surface area contributed by atoms with Gasteiger partial charge in [0.1, 0.15) is 17.5 Å². The van der Waals surface area contributed by atoms with E-state index in [1.807, 2.05) is 54.0 Å². The maximum absolute atomic E-state index is 12.9.